The van der Waals surface area contributed by atoms with Gasteiger partial charge in [-0.05, 0) is 29.8 Å². The van der Waals surface area contributed by atoms with E-state index in [9.17, 15) is 18.5 Å². The average molecular weight is 462 g/mol. The minimum atomic E-state index is -4.02. The number of non-ortho nitro benzene ring substituents is 1. The van der Waals surface area contributed by atoms with Gasteiger partial charge in [0.15, 0.2) is 5.82 Å². The van der Waals surface area contributed by atoms with Gasteiger partial charge >= 0.3 is 0 Å². The van der Waals surface area contributed by atoms with Crippen molar-refractivity contribution in [3.8, 4) is 0 Å². The van der Waals surface area contributed by atoms with E-state index in [1.807, 2.05) is 0 Å². The Kier molecular flexibility index (Phi) is 5.80. The maximum absolute atomic E-state index is 12.5. The highest BCUT2D eigenvalue weighted by Crippen LogP contribution is 2.26. The van der Waals surface area contributed by atoms with Gasteiger partial charge in [-0.3, -0.25) is 19.5 Å². The first kappa shape index (κ1) is 20.4. The Balaban J connectivity index is 1.80. The monoisotopic (exact) mass is 460 g/mol. The van der Waals surface area contributed by atoms with E-state index in [2.05, 4.69) is 9.82 Å². The number of hydrogen-bond acceptors (Lipinski definition) is 5. The summed E-state index contributed by atoms with van der Waals surface area (Å²) in [6.45, 7) is 0.288. The second-order valence-electron chi connectivity index (χ2n) is 5.63. The minimum absolute atomic E-state index is 0.0694. The number of nitrogens with one attached hydrogen (secondary N) is 1. The highest BCUT2D eigenvalue weighted by molar-refractivity contribution is 7.92. The van der Waals surface area contributed by atoms with E-state index in [0.717, 1.165) is 29.8 Å². The molecule has 0 aliphatic carbocycles. The molecule has 0 aliphatic rings. The van der Waals surface area contributed by atoms with E-state index in [1.165, 1.54) is 10.9 Å². The van der Waals surface area contributed by atoms with E-state index in [0.29, 0.717) is 10.0 Å². The highest BCUT2D eigenvalue weighted by atomic mass is 35.5. The van der Waals surface area contributed by atoms with Crippen LogP contribution in [0, 0.1) is 10.1 Å². The lowest BCUT2D eigenvalue weighted by atomic mass is 10.2. The molecule has 146 valence electrons. The second-order valence-corrected chi connectivity index (χ2v) is 8.53. The third kappa shape index (κ3) is 4.56. The summed E-state index contributed by atoms with van der Waals surface area (Å²) in [5.74, 6) is -0.0694. The molecule has 0 fully saturated rings. The zero-order chi connectivity index (χ0) is 20.5. The SMILES string of the molecule is O=[N+]([O-])c1ccc(S(=O)(=O)Nc2nn(Cc3ccc(Cl)c(Cl)c3)cc2Cl)cc1. The number of hydrogen-bond donors (Lipinski definition) is 1. The van der Waals surface area contributed by atoms with Crippen molar-refractivity contribution >= 4 is 56.3 Å². The first-order valence-corrected chi connectivity index (χ1v) is 10.2. The molecular formula is C16H11Cl3N4O4S. The molecule has 0 unspecified atom stereocenters. The number of nitro benzene ring substituents is 1. The van der Waals surface area contributed by atoms with E-state index in [4.69, 9.17) is 34.8 Å². The van der Waals surface area contributed by atoms with Crippen LogP contribution in [0.15, 0.2) is 53.6 Å². The third-order valence-electron chi connectivity index (χ3n) is 3.63. The Labute approximate surface area is 174 Å². The van der Waals surface area contributed by atoms with E-state index in [1.54, 1.807) is 18.2 Å². The number of anilines is 1. The summed E-state index contributed by atoms with van der Waals surface area (Å²) in [4.78, 5) is 9.91. The topological polar surface area (TPSA) is 107 Å². The minimum Gasteiger partial charge on any atom is -0.265 e. The van der Waals surface area contributed by atoms with Crippen molar-refractivity contribution in [3.63, 3.8) is 0 Å². The maximum Gasteiger partial charge on any atom is 0.269 e. The Morgan fingerprint density at radius 3 is 2.32 bits per heavy atom. The molecule has 1 aromatic heterocycles. The van der Waals surface area contributed by atoms with Crippen molar-refractivity contribution in [2.45, 2.75) is 11.4 Å². The van der Waals surface area contributed by atoms with Gasteiger partial charge in [-0.1, -0.05) is 40.9 Å². The van der Waals surface area contributed by atoms with Crippen LogP contribution in [0.5, 0.6) is 0 Å². The number of benzene rings is 2. The number of sulfonamides is 1. The summed E-state index contributed by atoms with van der Waals surface area (Å²) >= 11 is 17.9. The summed E-state index contributed by atoms with van der Waals surface area (Å²) < 4.78 is 28.6. The van der Waals surface area contributed by atoms with Gasteiger partial charge in [0.2, 0.25) is 0 Å². The van der Waals surface area contributed by atoms with Crippen molar-refractivity contribution in [2.24, 2.45) is 0 Å². The van der Waals surface area contributed by atoms with Gasteiger partial charge in [0.25, 0.3) is 15.7 Å². The molecule has 0 saturated carbocycles. The zero-order valence-corrected chi connectivity index (χ0v) is 16.9. The third-order valence-corrected chi connectivity index (χ3v) is 6.00. The first-order chi connectivity index (χ1) is 13.2. The predicted octanol–water partition coefficient (Wildman–Crippen LogP) is 4.60. The lowest BCUT2D eigenvalue weighted by Crippen LogP contribution is -2.14. The van der Waals surface area contributed by atoms with Crippen molar-refractivity contribution < 1.29 is 13.3 Å². The summed E-state index contributed by atoms with van der Waals surface area (Å²) in [6, 6.07) is 9.51. The van der Waals surface area contributed by atoms with Crippen LogP contribution in [0.2, 0.25) is 15.1 Å². The summed E-state index contributed by atoms with van der Waals surface area (Å²) in [7, 11) is -4.02. The summed E-state index contributed by atoms with van der Waals surface area (Å²) in [6.07, 6.45) is 1.46. The molecule has 12 heteroatoms. The van der Waals surface area contributed by atoms with Gasteiger partial charge in [-0.2, -0.15) is 5.10 Å². The molecular weight excluding hydrogens is 451 g/mol. The Morgan fingerprint density at radius 2 is 1.71 bits per heavy atom. The lowest BCUT2D eigenvalue weighted by Gasteiger charge is -2.06. The molecule has 0 aliphatic heterocycles. The molecule has 8 nitrogen and oxygen atoms in total. The summed E-state index contributed by atoms with van der Waals surface area (Å²) in [5, 5.41) is 15.7. The Bertz CT molecular complexity index is 1150. The van der Waals surface area contributed by atoms with Crippen LogP contribution >= 0.6 is 34.8 Å². The van der Waals surface area contributed by atoms with Gasteiger partial charge in [0.1, 0.15) is 5.02 Å². The predicted molar refractivity (Wildman–Crippen MR) is 107 cm³/mol. The summed E-state index contributed by atoms with van der Waals surface area (Å²) in [5.41, 5.74) is 0.571. The van der Waals surface area contributed by atoms with Crippen LogP contribution in [-0.2, 0) is 16.6 Å². The molecule has 1 heterocycles. The normalized spacial score (nSPS) is 11.4. The van der Waals surface area contributed by atoms with Crippen molar-refractivity contribution in [1.82, 2.24) is 9.78 Å². The number of nitro groups is 1. The molecule has 28 heavy (non-hydrogen) atoms. The van der Waals surface area contributed by atoms with Gasteiger partial charge in [0, 0.05) is 18.3 Å². The van der Waals surface area contributed by atoms with E-state index < -0.39 is 14.9 Å². The van der Waals surface area contributed by atoms with Gasteiger partial charge in [-0.25, -0.2) is 8.42 Å². The highest BCUT2D eigenvalue weighted by Gasteiger charge is 2.19. The van der Waals surface area contributed by atoms with Crippen LogP contribution in [0.1, 0.15) is 5.56 Å². The average Bonchev–Trinajstić information content (AvgIpc) is 2.96. The molecule has 0 atom stereocenters. The maximum atomic E-state index is 12.5. The number of rotatable bonds is 6. The van der Waals surface area contributed by atoms with Crippen LogP contribution in [-0.4, -0.2) is 23.1 Å². The van der Waals surface area contributed by atoms with Crippen molar-refractivity contribution in [2.75, 3.05) is 4.72 Å². The number of nitrogens with zero attached hydrogens (tertiary/aromatic N) is 3. The molecule has 0 amide bonds. The molecule has 0 bridgehead atoms. The smallest absolute Gasteiger partial charge is 0.265 e. The largest absolute Gasteiger partial charge is 0.269 e. The Hall–Kier alpha value is -2.33. The van der Waals surface area contributed by atoms with Crippen LogP contribution < -0.4 is 4.72 Å². The first-order valence-electron chi connectivity index (χ1n) is 7.60. The number of halogens is 3. The fraction of sp³-hybridized carbons (Fsp3) is 0.0625. The van der Waals surface area contributed by atoms with Crippen LogP contribution in [0.4, 0.5) is 11.5 Å². The fourth-order valence-electron chi connectivity index (χ4n) is 2.31. The standard InChI is InChI=1S/C16H11Cl3N4O4S/c17-13-6-1-10(7-14(13)18)8-22-9-15(19)16(20-22)21-28(26,27)12-4-2-11(3-5-12)23(24)25/h1-7,9H,8H2,(H,20,21). The van der Waals surface area contributed by atoms with Crippen molar-refractivity contribution in [1.29, 1.82) is 0 Å². The fourth-order valence-corrected chi connectivity index (χ4v) is 3.90. The van der Waals surface area contributed by atoms with Gasteiger partial charge in [0.05, 0.1) is 26.4 Å². The lowest BCUT2D eigenvalue weighted by molar-refractivity contribution is -0.384. The molecule has 1 N–H and O–H groups in total. The van der Waals surface area contributed by atoms with Crippen LogP contribution in [0.3, 0.4) is 0 Å². The van der Waals surface area contributed by atoms with Gasteiger partial charge < -0.3 is 0 Å². The molecule has 2 aromatic carbocycles. The molecule has 3 rings (SSSR count). The molecule has 3 aromatic rings. The van der Waals surface area contributed by atoms with E-state index in [-0.39, 0.29) is 28.0 Å². The second kappa shape index (κ2) is 7.96. The Morgan fingerprint density at radius 1 is 1.04 bits per heavy atom. The van der Waals surface area contributed by atoms with E-state index >= 15 is 0 Å². The zero-order valence-electron chi connectivity index (χ0n) is 13.8. The molecule has 0 saturated heterocycles. The molecule has 0 spiro atoms. The van der Waals surface area contributed by atoms with Crippen LogP contribution in [0.25, 0.3) is 0 Å². The quantitative estimate of drug-likeness (QED) is 0.426. The van der Waals surface area contributed by atoms with Crippen molar-refractivity contribution in [3.05, 3.63) is 79.4 Å². The molecule has 0 radical (unpaired) electrons. The van der Waals surface area contributed by atoms with Gasteiger partial charge in [-0.15, -0.1) is 0 Å². The number of aromatic nitrogens is 2.